The van der Waals surface area contributed by atoms with Crippen molar-refractivity contribution >= 4 is 40.9 Å². The minimum absolute atomic E-state index is 0.169. The van der Waals surface area contributed by atoms with Gasteiger partial charge in [-0.05, 0) is 36.4 Å². The van der Waals surface area contributed by atoms with E-state index >= 15 is 0 Å². The minimum atomic E-state index is -0.271. The number of nitrogens with zero attached hydrogens (tertiary/aromatic N) is 3. The molecule has 0 aliphatic heterocycles. The zero-order valence-electron chi connectivity index (χ0n) is 16.4. The summed E-state index contributed by atoms with van der Waals surface area (Å²) in [5.41, 5.74) is 1.11. The number of carbonyl (C=O) groups excluding carboxylic acids is 2. The van der Waals surface area contributed by atoms with E-state index in [2.05, 4.69) is 20.8 Å². The summed E-state index contributed by atoms with van der Waals surface area (Å²) in [5.74, 6) is 0.792. The van der Waals surface area contributed by atoms with Crippen LogP contribution in [0.4, 0.5) is 5.69 Å². The van der Waals surface area contributed by atoms with E-state index in [0.717, 1.165) is 0 Å². The average molecular weight is 446 g/mol. The summed E-state index contributed by atoms with van der Waals surface area (Å²) in [4.78, 5) is 24.5. The fourth-order valence-electron chi connectivity index (χ4n) is 2.57. The fraction of sp³-hybridized carbons (Fsp3) is 0.200. The number of amides is 2. The minimum Gasteiger partial charge on any atom is -0.496 e. The van der Waals surface area contributed by atoms with Gasteiger partial charge < -0.3 is 19.9 Å². The number of carbonyl (C=O) groups is 2. The van der Waals surface area contributed by atoms with E-state index in [9.17, 15) is 9.59 Å². The molecule has 0 saturated carbocycles. The molecule has 8 nitrogen and oxygen atoms in total. The first kappa shape index (κ1) is 21.7. The van der Waals surface area contributed by atoms with Crippen LogP contribution in [-0.2, 0) is 18.4 Å². The molecule has 2 N–H and O–H groups in total. The van der Waals surface area contributed by atoms with Gasteiger partial charge >= 0.3 is 0 Å². The summed E-state index contributed by atoms with van der Waals surface area (Å²) >= 11 is 7.09. The molecule has 30 heavy (non-hydrogen) atoms. The number of anilines is 1. The van der Waals surface area contributed by atoms with Gasteiger partial charge in [-0.2, -0.15) is 0 Å². The Morgan fingerprint density at radius 2 is 1.87 bits per heavy atom. The number of hydrogen-bond donors (Lipinski definition) is 2. The van der Waals surface area contributed by atoms with Gasteiger partial charge in [0, 0.05) is 17.8 Å². The average Bonchev–Trinajstić information content (AvgIpc) is 3.11. The van der Waals surface area contributed by atoms with Gasteiger partial charge in [0.1, 0.15) is 5.75 Å². The van der Waals surface area contributed by atoms with Crippen LogP contribution in [0.2, 0.25) is 5.02 Å². The van der Waals surface area contributed by atoms with Crippen molar-refractivity contribution in [2.24, 2.45) is 7.05 Å². The Kier molecular flexibility index (Phi) is 7.31. The second-order valence-corrected chi connectivity index (χ2v) is 7.56. The van der Waals surface area contributed by atoms with Crippen LogP contribution in [0.3, 0.4) is 0 Å². The van der Waals surface area contributed by atoms with E-state index < -0.39 is 0 Å². The molecule has 0 bridgehead atoms. The smallest absolute Gasteiger partial charge is 0.255 e. The van der Waals surface area contributed by atoms with Crippen LogP contribution >= 0.6 is 23.4 Å². The number of nitrogens with one attached hydrogen (secondary N) is 2. The first-order valence-corrected chi connectivity index (χ1v) is 10.3. The maximum atomic E-state index is 12.4. The lowest BCUT2D eigenvalue weighted by Gasteiger charge is -2.09. The van der Waals surface area contributed by atoms with Crippen LogP contribution in [0.5, 0.6) is 5.75 Å². The van der Waals surface area contributed by atoms with E-state index in [1.807, 2.05) is 0 Å². The number of thioether (sulfide) groups is 1. The summed E-state index contributed by atoms with van der Waals surface area (Å²) in [6.45, 7) is 0.192. The molecule has 0 aliphatic rings. The van der Waals surface area contributed by atoms with Gasteiger partial charge in [0.25, 0.3) is 5.91 Å². The number of benzene rings is 2. The third kappa shape index (κ3) is 5.52. The van der Waals surface area contributed by atoms with Crippen molar-refractivity contribution in [1.82, 2.24) is 20.1 Å². The standard InChI is InChI=1S/C20H20ClN5O3S/c1-26-17(11-22-19(28)15-5-3-4-6-16(15)29-2)24-25-20(26)30-12-18(27)23-14-9-7-13(21)8-10-14/h3-10H,11-12H2,1-2H3,(H,22,28)(H,23,27). The summed E-state index contributed by atoms with van der Waals surface area (Å²) in [6.07, 6.45) is 0. The highest BCUT2D eigenvalue weighted by atomic mass is 35.5. The SMILES string of the molecule is COc1ccccc1C(=O)NCc1nnc(SCC(=O)Nc2ccc(Cl)cc2)n1C. The maximum absolute atomic E-state index is 12.4. The summed E-state index contributed by atoms with van der Waals surface area (Å²) < 4.78 is 6.95. The summed E-state index contributed by atoms with van der Waals surface area (Å²) in [7, 11) is 3.30. The Labute approximate surface area is 183 Å². The molecule has 156 valence electrons. The van der Waals surface area contributed by atoms with Crippen molar-refractivity contribution in [2.75, 3.05) is 18.2 Å². The van der Waals surface area contributed by atoms with E-state index in [1.165, 1.54) is 18.9 Å². The van der Waals surface area contributed by atoms with Crippen LogP contribution in [0, 0.1) is 0 Å². The van der Waals surface area contributed by atoms with Crippen molar-refractivity contribution in [1.29, 1.82) is 0 Å². The molecule has 0 fully saturated rings. The summed E-state index contributed by atoms with van der Waals surface area (Å²) in [6, 6.07) is 13.9. The van der Waals surface area contributed by atoms with Crippen molar-refractivity contribution in [3.63, 3.8) is 0 Å². The van der Waals surface area contributed by atoms with Crippen LogP contribution in [-0.4, -0.2) is 39.4 Å². The van der Waals surface area contributed by atoms with Crippen molar-refractivity contribution in [3.8, 4) is 5.75 Å². The molecule has 0 aliphatic carbocycles. The van der Waals surface area contributed by atoms with Gasteiger partial charge in [-0.3, -0.25) is 9.59 Å². The second-order valence-electron chi connectivity index (χ2n) is 6.18. The number of aromatic nitrogens is 3. The van der Waals surface area contributed by atoms with Crippen LogP contribution in [0.1, 0.15) is 16.2 Å². The predicted octanol–water partition coefficient (Wildman–Crippen LogP) is 3.14. The Balaban J connectivity index is 1.53. The molecule has 3 aromatic rings. The Hall–Kier alpha value is -3.04. The van der Waals surface area contributed by atoms with Gasteiger partial charge in [0.05, 0.1) is 25.0 Å². The van der Waals surface area contributed by atoms with Gasteiger partial charge in [0.15, 0.2) is 11.0 Å². The lowest BCUT2D eigenvalue weighted by atomic mass is 10.2. The van der Waals surface area contributed by atoms with E-state index in [1.54, 1.807) is 60.1 Å². The Morgan fingerprint density at radius 1 is 1.13 bits per heavy atom. The largest absolute Gasteiger partial charge is 0.496 e. The molecule has 2 amide bonds. The topological polar surface area (TPSA) is 98.1 Å². The molecule has 0 atom stereocenters. The molecule has 0 radical (unpaired) electrons. The highest BCUT2D eigenvalue weighted by molar-refractivity contribution is 7.99. The van der Waals surface area contributed by atoms with Gasteiger partial charge in [-0.1, -0.05) is 35.5 Å². The Bertz CT molecular complexity index is 1040. The molecule has 0 saturated heterocycles. The normalized spacial score (nSPS) is 10.5. The van der Waals surface area contributed by atoms with Gasteiger partial charge in [0.2, 0.25) is 5.91 Å². The first-order chi connectivity index (χ1) is 14.5. The molecule has 10 heteroatoms. The fourth-order valence-corrected chi connectivity index (χ4v) is 3.43. The molecule has 0 unspecified atom stereocenters. The number of methoxy groups -OCH3 is 1. The zero-order chi connectivity index (χ0) is 21.5. The highest BCUT2D eigenvalue weighted by Crippen LogP contribution is 2.19. The third-order valence-corrected chi connectivity index (χ3v) is 5.42. The van der Waals surface area contributed by atoms with Crippen LogP contribution in [0.15, 0.2) is 53.7 Å². The zero-order valence-corrected chi connectivity index (χ0v) is 18.0. The van der Waals surface area contributed by atoms with Gasteiger partial charge in [-0.25, -0.2) is 0 Å². The van der Waals surface area contributed by atoms with Crippen molar-refractivity contribution < 1.29 is 14.3 Å². The highest BCUT2D eigenvalue weighted by Gasteiger charge is 2.15. The van der Waals surface area contributed by atoms with Crippen LogP contribution < -0.4 is 15.4 Å². The summed E-state index contributed by atoms with van der Waals surface area (Å²) in [5, 5.41) is 15.0. The molecule has 3 rings (SSSR count). The first-order valence-electron chi connectivity index (χ1n) is 8.95. The molecule has 2 aromatic carbocycles. The Morgan fingerprint density at radius 3 is 2.60 bits per heavy atom. The molecular weight excluding hydrogens is 426 g/mol. The number of hydrogen-bond acceptors (Lipinski definition) is 6. The maximum Gasteiger partial charge on any atom is 0.255 e. The van der Waals surface area contributed by atoms with Crippen molar-refractivity contribution in [2.45, 2.75) is 11.7 Å². The van der Waals surface area contributed by atoms with E-state index in [4.69, 9.17) is 16.3 Å². The number of halogens is 1. The predicted molar refractivity (Wildman–Crippen MR) is 116 cm³/mol. The second kappa shape index (κ2) is 10.1. The lowest BCUT2D eigenvalue weighted by Crippen LogP contribution is -2.25. The molecule has 1 aromatic heterocycles. The van der Waals surface area contributed by atoms with E-state index in [0.29, 0.717) is 33.0 Å². The molecule has 1 heterocycles. The number of rotatable bonds is 8. The van der Waals surface area contributed by atoms with Gasteiger partial charge in [-0.15, -0.1) is 10.2 Å². The van der Waals surface area contributed by atoms with E-state index in [-0.39, 0.29) is 24.1 Å². The third-order valence-electron chi connectivity index (χ3n) is 4.14. The molecular formula is C20H20ClN5O3S. The lowest BCUT2D eigenvalue weighted by molar-refractivity contribution is -0.113. The quantitative estimate of drug-likeness (QED) is 0.517. The number of ether oxygens (including phenoxy) is 1. The van der Waals surface area contributed by atoms with Crippen LogP contribution in [0.25, 0.3) is 0 Å². The molecule has 0 spiro atoms. The van der Waals surface area contributed by atoms with Crippen molar-refractivity contribution in [3.05, 3.63) is 64.9 Å². The number of para-hydroxylation sites is 1. The monoisotopic (exact) mass is 445 g/mol.